The van der Waals surface area contributed by atoms with E-state index in [2.05, 4.69) is 53.8 Å². The van der Waals surface area contributed by atoms with Crippen LogP contribution in [0.4, 0.5) is 5.69 Å². The normalized spacial score (nSPS) is 16.4. The summed E-state index contributed by atoms with van der Waals surface area (Å²) < 4.78 is 2.18. The maximum absolute atomic E-state index is 4.17. The molecule has 1 N–H and O–H groups in total. The van der Waals surface area contributed by atoms with Gasteiger partial charge < -0.3 is 9.88 Å². The van der Waals surface area contributed by atoms with Gasteiger partial charge in [0, 0.05) is 36.1 Å². The zero-order chi connectivity index (χ0) is 12.8. The molecule has 0 unspecified atom stereocenters. The van der Waals surface area contributed by atoms with Crippen LogP contribution in [0.3, 0.4) is 0 Å². The summed E-state index contributed by atoms with van der Waals surface area (Å²) in [5.41, 5.74) is 5.48. The molecule has 1 aromatic carbocycles. The molecule has 18 heavy (non-hydrogen) atoms. The number of aryl methyl sites for hydroxylation is 1. The summed E-state index contributed by atoms with van der Waals surface area (Å²) in [5, 5.41) is 3.47. The first-order valence-corrected chi connectivity index (χ1v) is 6.40. The van der Waals surface area contributed by atoms with Crippen LogP contribution in [0.2, 0.25) is 0 Å². The zero-order valence-electron chi connectivity index (χ0n) is 11.2. The molecule has 1 aromatic heterocycles. The quantitative estimate of drug-likeness (QED) is 0.876. The second-order valence-electron chi connectivity index (χ2n) is 5.78. The number of fused-ring (bicyclic) bond motifs is 1. The average molecular weight is 241 g/mol. The average Bonchev–Trinajstić information content (AvgIpc) is 2.85. The molecule has 94 valence electrons. The van der Waals surface area contributed by atoms with E-state index in [0.29, 0.717) is 0 Å². The van der Waals surface area contributed by atoms with E-state index in [1.165, 1.54) is 22.5 Å². The van der Waals surface area contributed by atoms with Crippen LogP contribution in [-0.2, 0) is 12.0 Å². The number of aromatic nitrogens is 2. The van der Waals surface area contributed by atoms with Gasteiger partial charge in [0.25, 0.3) is 0 Å². The maximum Gasteiger partial charge on any atom is 0.0951 e. The van der Waals surface area contributed by atoms with Gasteiger partial charge >= 0.3 is 0 Å². The minimum atomic E-state index is 0.231. The van der Waals surface area contributed by atoms with Crippen molar-refractivity contribution in [2.24, 2.45) is 0 Å². The van der Waals surface area contributed by atoms with Gasteiger partial charge in [-0.05, 0) is 24.1 Å². The van der Waals surface area contributed by atoms with Crippen LogP contribution in [0, 0.1) is 6.92 Å². The highest BCUT2D eigenvalue weighted by atomic mass is 15.0. The molecule has 0 fully saturated rings. The monoisotopic (exact) mass is 241 g/mol. The highest BCUT2D eigenvalue weighted by Crippen LogP contribution is 2.36. The Kier molecular flexibility index (Phi) is 2.44. The van der Waals surface area contributed by atoms with Crippen molar-refractivity contribution in [3.63, 3.8) is 0 Å². The second kappa shape index (κ2) is 3.87. The minimum absolute atomic E-state index is 0.231. The van der Waals surface area contributed by atoms with Crippen molar-refractivity contribution in [1.82, 2.24) is 9.55 Å². The number of benzene rings is 1. The molecule has 3 heteroatoms. The zero-order valence-corrected chi connectivity index (χ0v) is 11.2. The van der Waals surface area contributed by atoms with Gasteiger partial charge in [-0.1, -0.05) is 26.0 Å². The van der Waals surface area contributed by atoms with E-state index in [1.807, 2.05) is 12.5 Å². The molecule has 2 aromatic rings. The molecule has 0 bridgehead atoms. The Bertz CT molecular complexity index is 581. The molecule has 0 saturated carbocycles. The fourth-order valence-electron chi connectivity index (χ4n) is 2.56. The first kappa shape index (κ1) is 11.3. The lowest BCUT2D eigenvalue weighted by Crippen LogP contribution is -2.19. The number of hydrogen-bond acceptors (Lipinski definition) is 2. The smallest absolute Gasteiger partial charge is 0.0951 e. The summed E-state index contributed by atoms with van der Waals surface area (Å²) in [6.07, 6.45) is 3.80. The van der Waals surface area contributed by atoms with Crippen molar-refractivity contribution in [2.45, 2.75) is 32.7 Å². The predicted molar refractivity (Wildman–Crippen MR) is 74.0 cm³/mol. The molecule has 0 saturated heterocycles. The standard InChI is InChI=1S/C15H19N3/c1-11-7-16-10-18(11)8-12-4-5-14-13(6-12)15(2,3)9-17-14/h4-7,10,17H,8-9H2,1-3H3. The largest absolute Gasteiger partial charge is 0.384 e. The van der Waals surface area contributed by atoms with E-state index in [1.54, 1.807) is 0 Å². The Morgan fingerprint density at radius 3 is 2.94 bits per heavy atom. The van der Waals surface area contributed by atoms with Crippen molar-refractivity contribution in [3.05, 3.63) is 47.5 Å². The fraction of sp³-hybridized carbons (Fsp3) is 0.400. The Labute approximate surface area is 108 Å². The van der Waals surface area contributed by atoms with Crippen LogP contribution >= 0.6 is 0 Å². The number of anilines is 1. The number of nitrogens with zero attached hydrogens (tertiary/aromatic N) is 2. The number of imidazole rings is 1. The number of nitrogens with one attached hydrogen (secondary N) is 1. The van der Waals surface area contributed by atoms with Gasteiger partial charge in [0.1, 0.15) is 0 Å². The third-order valence-corrected chi connectivity index (χ3v) is 3.81. The molecule has 0 aliphatic carbocycles. The third-order valence-electron chi connectivity index (χ3n) is 3.81. The second-order valence-corrected chi connectivity index (χ2v) is 5.78. The predicted octanol–water partition coefficient (Wildman–Crippen LogP) is 2.94. The molecular formula is C15H19N3. The van der Waals surface area contributed by atoms with E-state index in [0.717, 1.165) is 13.1 Å². The van der Waals surface area contributed by atoms with Crippen molar-refractivity contribution >= 4 is 5.69 Å². The van der Waals surface area contributed by atoms with Gasteiger partial charge in [-0.15, -0.1) is 0 Å². The van der Waals surface area contributed by atoms with Gasteiger partial charge in [0.05, 0.1) is 6.33 Å². The summed E-state index contributed by atoms with van der Waals surface area (Å²) in [6.45, 7) is 8.59. The van der Waals surface area contributed by atoms with E-state index in [4.69, 9.17) is 0 Å². The van der Waals surface area contributed by atoms with Crippen molar-refractivity contribution in [3.8, 4) is 0 Å². The van der Waals surface area contributed by atoms with Gasteiger partial charge in [-0.2, -0.15) is 0 Å². The maximum atomic E-state index is 4.17. The molecule has 1 aliphatic heterocycles. The van der Waals surface area contributed by atoms with E-state index in [9.17, 15) is 0 Å². The molecule has 0 atom stereocenters. The molecule has 0 spiro atoms. The lowest BCUT2D eigenvalue weighted by molar-refractivity contribution is 0.585. The highest BCUT2D eigenvalue weighted by molar-refractivity contribution is 5.60. The van der Waals surface area contributed by atoms with Crippen LogP contribution in [0.25, 0.3) is 0 Å². The first-order chi connectivity index (χ1) is 8.56. The molecule has 2 heterocycles. The lowest BCUT2D eigenvalue weighted by atomic mass is 9.86. The van der Waals surface area contributed by atoms with Crippen LogP contribution in [-0.4, -0.2) is 16.1 Å². The summed E-state index contributed by atoms with van der Waals surface area (Å²) in [6, 6.07) is 6.73. The van der Waals surface area contributed by atoms with Gasteiger partial charge in [-0.25, -0.2) is 4.98 Å². The Balaban J connectivity index is 1.94. The highest BCUT2D eigenvalue weighted by Gasteiger charge is 2.29. The van der Waals surface area contributed by atoms with E-state index < -0.39 is 0 Å². The van der Waals surface area contributed by atoms with E-state index in [-0.39, 0.29) is 5.41 Å². The Morgan fingerprint density at radius 1 is 1.39 bits per heavy atom. The molecule has 0 radical (unpaired) electrons. The first-order valence-electron chi connectivity index (χ1n) is 6.40. The number of rotatable bonds is 2. The van der Waals surface area contributed by atoms with Crippen molar-refractivity contribution in [2.75, 3.05) is 11.9 Å². The summed E-state index contributed by atoms with van der Waals surface area (Å²) in [5.74, 6) is 0. The SMILES string of the molecule is Cc1cncn1Cc1ccc2c(c1)C(C)(C)CN2. The Morgan fingerprint density at radius 2 is 2.22 bits per heavy atom. The Hall–Kier alpha value is -1.77. The van der Waals surface area contributed by atoms with Crippen molar-refractivity contribution < 1.29 is 0 Å². The fourth-order valence-corrected chi connectivity index (χ4v) is 2.56. The molecular weight excluding hydrogens is 222 g/mol. The molecule has 1 aliphatic rings. The van der Waals surface area contributed by atoms with Crippen LogP contribution in [0.1, 0.15) is 30.7 Å². The van der Waals surface area contributed by atoms with E-state index >= 15 is 0 Å². The van der Waals surface area contributed by atoms with Crippen LogP contribution in [0.5, 0.6) is 0 Å². The summed E-state index contributed by atoms with van der Waals surface area (Å²) in [7, 11) is 0. The summed E-state index contributed by atoms with van der Waals surface area (Å²) >= 11 is 0. The molecule has 3 rings (SSSR count). The van der Waals surface area contributed by atoms with Gasteiger partial charge in [0.2, 0.25) is 0 Å². The number of hydrogen-bond donors (Lipinski definition) is 1. The van der Waals surface area contributed by atoms with Gasteiger partial charge in [-0.3, -0.25) is 0 Å². The molecule has 0 amide bonds. The lowest BCUT2D eigenvalue weighted by Gasteiger charge is -2.18. The molecule has 3 nitrogen and oxygen atoms in total. The topological polar surface area (TPSA) is 29.9 Å². The van der Waals surface area contributed by atoms with Crippen molar-refractivity contribution in [1.29, 1.82) is 0 Å². The van der Waals surface area contributed by atoms with Crippen LogP contribution < -0.4 is 5.32 Å². The minimum Gasteiger partial charge on any atom is -0.384 e. The van der Waals surface area contributed by atoms with Gasteiger partial charge in [0.15, 0.2) is 0 Å². The summed E-state index contributed by atoms with van der Waals surface area (Å²) in [4.78, 5) is 4.17. The van der Waals surface area contributed by atoms with Crippen LogP contribution in [0.15, 0.2) is 30.7 Å². The third kappa shape index (κ3) is 1.80.